The molecule has 2 heterocycles. The topological polar surface area (TPSA) is 99.4 Å². The van der Waals surface area contributed by atoms with Crippen molar-refractivity contribution >= 4 is 5.97 Å². The third-order valence-electron chi connectivity index (χ3n) is 2.70. The molecule has 0 spiro atoms. The van der Waals surface area contributed by atoms with Crippen LogP contribution in [0.2, 0.25) is 0 Å². The van der Waals surface area contributed by atoms with Gasteiger partial charge < -0.3 is 14.6 Å². The Bertz CT molecular complexity index is 625. The Morgan fingerprint density at radius 2 is 2.21 bits per heavy atom. The Morgan fingerprint density at radius 3 is 3.05 bits per heavy atom. The van der Waals surface area contributed by atoms with Crippen molar-refractivity contribution < 1.29 is 19.4 Å². The number of tetrazole rings is 1. The van der Waals surface area contributed by atoms with Crippen LogP contribution in [0.3, 0.4) is 0 Å². The van der Waals surface area contributed by atoms with E-state index in [2.05, 4.69) is 15.5 Å². The lowest BCUT2D eigenvalue weighted by atomic mass is 10.2. The first-order valence-electron chi connectivity index (χ1n) is 5.62. The zero-order chi connectivity index (χ0) is 13.2. The lowest BCUT2D eigenvalue weighted by Crippen LogP contribution is -2.07. The van der Waals surface area contributed by atoms with Crippen LogP contribution in [-0.2, 0) is 11.3 Å². The summed E-state index contributed by atoms with van der Waals surface area (Å²) in [5.41, 5.74) is 0.750. The van der Waals surface area contributed by atoms with Crippen molar-refractivity contribution in [2.24, 2.45) is 0 Å². The lowest BCUT2D eigenvalue weighted by Gasteiger charge is -2.03. The summed E-state index contributed by atoms with van der Waals surface area (Å²) in [5.74, 6) is 0.908. The highest BCUT2D eigenvalue weighted by Gasteiger charge is 2.17. The molecule has 0 atom stereocenters. The fourth-order valence-electron chi connectivity index (χ4n) is 1.80. The summed E-state index contributed by atoms with van der Waals surface area (Å²) in [7, 11) is 0. The minimum Gasteiger partial charge on any atom is -0.481 e. The first-order valence-corrected chi connectivity index (χ1v) is 5.62. The molecule has 19 heavy (non-hydrogen) atoms. The van der Waals surface area contributed by atoms with Crippen molar-refractivity contribution in [3.63, 3.8) is 0 Å². The van der Waals surface area contributed by atoms with Crippen LogP contribution in [-0.4, -0.2) is 38.1 Å². The van der Waals surface area contributed by atoms with E-state index in [-0.39, 0.29) is 19.8 Å². The zero-order valence-corrected chi connectivity index (χ0v) is 9.81. The number of ether oxygens (including phenoxy) is 2. The lowest BCUT2D eigenvalue weighted by molar-refractivity contribution is -0.137. The van der Waals surface area contributed by atoms with Crippen molar-refractivity contribution in [1.82, 2.24) is 20.2 Å². The zero-order valence-electron chi connectivity index (χ0n) is 9.81. The van der Waals surface area contributed by atoms with E-state index in [1.165, 1.54) is 4.68 Å². The molecular weight excluding hydrogens is 252 g/mol. The van der Waals surface area contributed by atoms with Gasteiger partial charge in [-0.2, -0.15) is 0 Å². The summed E-state index contributed by atoms with van der Waals surface area (Å²) in [6.45, 7) is 0.412. The van der Waals surface area contributed by atoms with Crippen LogP contribution in [0, 0.1) is 0 Å². The summed E-state index contributed by atoms with van der Waals surface area (Å²) < 4.78 is 12.0. The van der Waals surface area contributed by atoms with Gasteiger partial charge in [0.2, 0.25) is 6.79 Å². The maximum Gasteiger partial charge on any atom is 0.305 e. The van der Waals surface area contributed by atoms with E-state index in [0.29, 0.717) is 17.3 Å². The Hall–Kier alpha value is -2.64. The first kappa shape index (κ1) is 11.5. The molecule has 0 aliphatic carbocycles. The normalized spacial score (nSPS) is 12.6. The fraction of sp³-hybridized carbons (Fsp3) is 0.273. The second kappa shape index (κ2) is 4.56. The molecule has 3 rings (SSSR count). The van der Waals surface area contributed by atoms with E-state index in [1.807, 2.05) is 0 Å². The molecule has 2 aromatic rings. The number of hydrogen-bond donors (Lipinski definition) is 1. The second-order valence-corrected chi connectivity index (χ2v) is 3.94. The molecule has 8 heteroatoms. The van der Waals surface area contributed by atoms with Crippen LogP contribution in [0.4, 0.5) is 0 Å². The van der Waals surface area contributed by atoms with E-state index in [1.54, 1.807) is 18.2 Å². The number of fused-ring (bicyclic) bond motifs is 1. The van der Waals surface area contributed by atoms with E-state index in [9.17, 15) is 4.79 Å². The van der Waals surface area contributed by atoms with Crippen LogP contribution in [0.1, 0.15) is 6.42 Å². The number of benzene rings is 1. The Balaban J connectivity index is 1.90. The predicted octanol–water partition coefficient (Wildman–Crippen LogP) is 0.543. The molecule has 0 unspecified atom stereocenters. The van der Waals surface area contributed by atoms with Gasteiger partial charge >= 0.3 is 5.97 Å². The van der Waals surface area contributed by atoms with E-state index < -0.39 is 5.97 Å². The van der Waals surface area contributed by atoms with Crippen LogP contribution in [0.15, 0.2) is 18.2 Å². The van der Waals surface area contributed by atoms with Gasteiger partial charge in [0.15, 0.2) is 17.3 Å². The van der Waals surface area contributed by atoms with Gasteiger partial charge in [0.1, 0.15) is 0 Å². The van der Waals surface area contributed by atoms with Gasteiger partial charge in [-0.25, -0.2) is 4.68 Å². The molecule has 8 nitrogen and oxygen atoms in total. The van der Waals surface area contributed by atoms with Crippen molar-refractivity contribution in [3.8, 4) is 22.9 Å². The van der Waals surface area contributed by atoms with Crippen molar-refractivity contribution in [1.29, 1.82) is 0 Å². The third-order valence-corrected chi connectivity index (χ3v) is 2.70. The summed E-state index contributed by atoms with van der Waals surface area (Å²) >= 11 is 0. The molecule has 1 aliphatic heterocycles. The smallest absolute Gasteiger partial charge is 0.305 e. The van der Waals surface area contributed by atoms with Gasteiger partial charge in [-0.1, -0.05) is 0 Å². The minimum atomic E-state index is -0.896. The van der Waals surface area contributed by atoms with Crippen LogP contribution >= 0.6 is 0 Å². The number of aliphatic carboxylic acids is 1. The van der Waals surface area contributed by atoms with E-state index >= 15 is 0 Å². The van der Waals surface area contributed by atoms with Crippen molar-refractivity contribution in [3.05, 3.63) is 18.2 Å². The second-order valence-electron chi connectivity index (χ2n) is 3.94. The largest absolute Gasteiger partial charge is 0.481 e. The Morgan fingerprint density at radius 1 is 1.37 bits per heavy atom. The molecule has 1 aromatic heterocycles. The maximum atomic E-state index is 10.6. The molecule has 0 amide bonds. The highest BCUT2D eigenvalue weighted by atomic mass is 16.7. The number of carboxylic acid groups (broad SMARTS) is 1. The first-order chi connectivity index (χ1) is 9.24. The molecule has 1 aliphatic rings. The number of carboxylic acids is 1. The van der Waals surface area contributed by atoms with Crippen molar-refractivity contribution in [2.45, 2.75) is 13.0 Å². The number of rotatable bonds is 4. The van der Waals surface area contributed by atoms with Crippen LogP contribution in [0.25, 0.3) is 11.4 Å². The molecule has 0 bridgehead atoms. The molecule has 0 radical (unpaired) electrons. The highest BCUT2D eigenvalue weighted by Crippen LogP contribution is 2.35. The number of aryl methyl sites for hydroxylation is 1. The third kappa shape index (κ3) is 2.19. The van der Waals surface area contributed by atoms with Crippen LogP contribution < -0.4 is 9.47 Å². The average molecular weight is 262 g/mol. The molecular formula is C11H10N4O4. The molecule has 0 saturated heterocycles. The molecule has 0 fully saturated rings. The van der Waals surface area contributed by atoms with Crippen molar-refractivity contribution in [2.75, 3.05) is 6.79 Å². The molecule has 1 aromatic carbocycles. The van der Waals surface area contributed by atoms with E-state index in [0.717, 1.165) is 5.56 Å². The van der Waals surface area contributed by atoms with Gasteiger partial charge in [-0.3, -0.25) is 4.79 Å². The predicted molar refractivity (Wildman–Crippen MR) is 61.6 cm³/mol. The number of nitrogens with zero attached hydrogens (tertiary/aromatic N) is 4. The van der Waals surface area contributed by atoms with Gasteiger partial charge in [-0.05, 0) is 28.6 Å². The summed E-state index contributed by atoms with van der Waals surface area (Å²) in [4.78, 5) is 10.6. The molecule has 98 valence electrons. The Labute approximate surface area is 107 Å². The summed E-state index contributed by atoms with van der Waals surface area (Å²) in [6.07, 6.45) is -0.0391. The summed E-state index contributed by atoms with van der Waals surface area (Å²) in [5, 5.41) is 19.9. The SMILES string of the molecule is O=C(O)CCn1nnnc1-c1ccc2c(c1)OCO2. The number of aromatic nitrogens is 4. The van der Waals surface area contributed by atoms with Crippen LogP contribution in [0.5, 0.6) is 11.5 Å². The fourth-order valence-corrected chi connectivity index (χ4v) is 1.80. The quantitative estimate of drug-likeness (QED) is 0.858. The molecule has 0 saturated carbocycles. The number of carbonyl (C=O) groups is 1. The highest BCUT2D eigenvalue weighted by molar-refractivity contribution is 5.67. The number of hydrogen-bond acceptors (Lipinski definition) is 6. The van der Waals surface area contributed by atoms with Gasteiger partial charge in [0.05, 0.1) is 13.0 Å². The summed E-state index contributed by atoms with van der Waals surface area (Å²) in [6, 6.07) is 5.34. The maximum absolute atomic E-state index is 10.6. The Kier molecular flexibility index (Phi) is 2.75. The average Bonchev–Trinajstić information content (AvgIpc) is 3.04. The minimum absolute atomic E-state index is 0.0391. The van der Waals surface area contributed by atoms with E-state index in [4.69, 9.17) is 14.6 Å². The van der Waals surface area contributed by atoms with Gasteiger partial charge in [0, 0.05) is 5.56 Å². The standard InChI is InChI=1S/C11H10N4O4/c16-10(17)3-4-15-11(12-13-14-15)7-1-2-8-9(5-7)19-6-18-8/h1-2,5H,3-4,6H2,(H,16,17). The van der Waals surface area contributed by atoms with Gasteiger partial charge in [-0.15, -0.1) is 5.10 Å². The monoisotopic (exact) mass is 262 g/mol. The molecule has 1 N–H and O–H groups in total. The van der Waals surface area contributed by atoms with Gasteiger partial charge in [0.25, 0.3) is 0 Å².